The highest BCUT2D eigenvalue weighted by molar-refractivity contribution is 7.89. The normalized spacial score (nSPS) is 15.0. The van der Waals surface area contributed by atoms with Gasteiger partial charge >= 0.3 is 0 Å². The Hall–Kier alpha value is -2.38. The van der Waals surface area contributed by atoms with Crippen LogP contribution in [0, 0.1) is 0 Å². The van der Waals surface area contributed by atoms with Crippen molar-refractivity contribution in [3.05, 3.63) is 54.1 Å². The predicted octanol–water partition coefficient (Wildman–Crippen LogP) is 3.12. The van der Waals surface area contributed by atoms with Gasteiger partial charge in [-0.2, -0.15) is 4.31 Å². The molecule has 1 amide bonds. The van der Waals surface area contributed by atoms with E-state index in [0.717, 1.165) is 12.8 Å². The van der Waals surface area contributed by atoms with Crippen molar-refractivity contribution >= 4 is 21.6 Å². The number of anilines is 1. The fourth-order valence-electron chi connectivity index (χ4n) is 2.91. The van der Waals surface area contributed by atoms with Crippen molar-refractivity contribution in [3.8, 4) is 5.75 Å². The van der Waals surface area contributed by atoms with Gasteiger partial charge in [-0.15, -0.1) is 0 Å². The van der Waals surface area contributed by atoms with Gasteiger partial charge in [0.25, 0.3) is 5.91 Å². The van der Waals surface area contributed by atoms with Crippen molar-refractivity contribution in [2.75, 3.05) is 25.0 Å². The molecule has 0 aromatic heterocycles. The number of sulfonamides is 1. The van der Waals surface area contributed by atoms with E-state index in [0.29, 0.717) is 36.7 Å². The molecule has 3 rings (SSSR count). The molecule has 0 bridgehead atoms. The zero-order chi connectivity index (χ0) is 18.6. The van der Waals surface area contributed by atoms with Crippen LogP contribution in [0.4, 0.5) is 5.69 Å². The second-order valence-electron chi connectivity index (χ2n) is 6.02. The highest BCUT2D eigenvalue weighted by Gasteiger charge is 2.28. The first kappa shape index (κ1) is 18.4. The Balaban J connectivity index is 1.93. The number of carbonyl (C=O) groups is 1. The molecular weight excluding hydrogens is 352 g/mol. The van der Waals surface area contributed by atoms with E-state index in [1.807, 2.05) is 13.0 Å². The molecule has 0 atom stereocenters. The topological polar surface area (TPSA) is 75.7 Å². The molecule has 0 saturated carbocycles. The number of benzene rings is 2. The Labute approximate surface area is 153 Å². The summed E-state index contributed by atoms with van der Waals surface area (Å²) in [6.07, 6.45) is 1.74. The predicted molar refractivity (Wildman–Crippen MR) is 100.0 cm³/mol. The summed E-state index contributed by atoms with van der Waals surface area (Å²) in [5, 5.41) is 2.77. The van der Waals surface area contributed by atoms with E-state index in [1.165, 1.54) is 16.4 Å². The van der Waals surface area contributed by atoms with Gasteiger partial charge in [0.1, 0.15) is 5.75 Å². The second-order valence-corrected chi connectivity index (χ2v) is 7.96. The highest BCUT2D eigenvalue weighted by Crippen LogP contribution is 2.30. The maximum absolute atomic E-state index is 12.8. The molecule has 2 aromatic carbocycles. The quantitative estimate of drug-likeness (QED) is 0.843. The Kier molecular flexibility index (Phi) is 5.58. The molecule has 1 saturated heterocycles. The summed E-state index contributed by atoms with van der Waals surface area (Å²) in [6, 6.07) is 13.3. The maximum atomic E-state index is 12.8. The van der Waals surface area contributed by atoms with Crippen molar-refractivity contribution in [1.82, 2.24) is 4.31 Å². The van der Waals surface area contributed by atoms with Gasteiger partial charge < -0.3 is 10.1 Å². The van der Waals surface area contributed by atoms with E-state index in [1.54, 1.807) is 30.3 Å². The molecule has 0 radical (unpaired) electrons. The van der Waals surface area contributed by atoms with Crippen molar-refractivity contribution in [1.29, 1.82) is 0 Å². The summed E-state index contributed by atoms with van der Waals surface area (Å²) in [5.74, 6) is 0.124. The van der Waals surface area contributed by atoms with Crippen LogP contribution in [-0.2, 0) is 10.0 Å². The Morgan fingerprint density at radius 2 is 1.81 bits per heavy atom. The van der Waals surface area contributed by atoms with E-state index < -0.39 is 10.0 Å². The third-order valence-corrected chi connectivity index (χ3v) is 6.13. The van der Waals surface area contributed by atoms with E-state index in [4.69, 9.17) is 4.74 Å². The van der Waals surface area contributed by atoms with Crippen LogP contribution < -0.4 is 10.1 Å². The highest BCUT2D eigenvalue weighted by atomic mass is 32.2. The first-order chi connectivity index (χ1) is 12.5. The minimum Gasteiger partial charge on any atom is -0.492 e. The van der Waals surface area contributed by atoms with Crippen LogP contribution in [0.15, 0.2) is 53.4 Å². The molecule has 0 aliphatic carbocycles. The van der Waals surface area contributed by atoms with Crippen molar-refractivity contribution in [2.24, 2.45) is 0 Å². The first-order valence-electron chi connectivity index (χ1n) is 8.66. The fraction of sp³-hybridized carbons (Fsp3) is 0.316. The molecule has 1 aliphatic rings. The van der Waals surface area contributed by atoms with Gasteiger partial charge in [-0.25, -0.2) is 8.42 Å². The van der Waals surface area contributed by atoms with Crippen LogP contribution >= 0.6 is 0 Å². The summed E-state index contributed by atoms with van der Waals surface area (Å²) in [5.41, 5.74) is 0.837. The summed E-state index contributed by atoms with van der Waals surface area (Å²) < 4.78 is 32.6. The third-order valence-electron chi connectivity index (χ3n) is 4.24. The number of carbonyl (C=O) groups excluding carboxylic acids is 1. The van der Waals surface area contributed by atoms with Gasteiger partial charge in [-0.05, 0) is 50.1 Å². The standard InChI is InChI=1S/C19H22N2O4S/c1-2-25-18-11-10-16(26(23,24)21-12-6-7-13-21)14-17(18)20-19(22)15-8-4-3-5-9-15/h3-5,8-11,14H,2,6-7,12-13H2,1H3,(H,20,22). The van der Waals surface area contributed by atoms with E-state index in [-0.39, 0.29) is 10.8 Å². The van der Waals surface area contributed by atoms with E-state index >= 15 is 0 Å². The monoisotopic (exact) mass is 374 g/mol. The smallest absolute Gasteiger partial charge is 0.255 e. The molecule has 1 aliphatic heterocycles. The lowest BCUT2D eigenvalue weighted by molar-refractivity contribution is 0.102. The Morgan fingerprint density at radius 1 is 1.12 bits per heavy atom. The lowest BCUT2D eigenvalue weighted by Crippen LogP contribution is -2.28. The van der Waals surface area contributed by atoms with E-state index in [2.05, 4.69) is 5.32 Å². The number of nitrogens with zero attached hydrogens (tertiary/aromatic N) is 1. The van der Waals surface area contributed by atoms with Gasteiger partial charge in [0.2, 0.25) is 10.0 Å². The molecule has 1 fully saturated rings. The lowest BCUT2D eigenvalue weighted by atomic mass is 10.2. The van der Waals surface area contributed by atoms with Crippen LogP contribution in [0.3, 0.4) is 0 Å². The second kappa shape index (κ2) is 7.88. The maximum Gasteiger partial charge on any atom is 0.255 e. The average Bonchev–Trinajstić information content (AvgIpc) is 3.19. The molecule has 7 heteroatoms. The lowest BCUT2D eigenvalue weighted by Gasteiger charge is -2.18. The third kappa shape index (κ3) is 3.89. The van der Waals surface area contributed by atoms with Gasteiger partial charge in [0.05, 0.1) is 17.2 Å². The number of amides is 1. The zero-order valence-electron chi connectivity index (χ0n) is 14.6. The van der Waals surface area contributed by atoms with Gasteiger partial charge in [0, 0.05) is 18.7 Å². The van der Waals surface area contributed by atoms with Crippen LogP contribution in [0.2, 0.25) is 0 Å². The summed E-state index contributed by atoms with van der Waals surface area (Å²) in [4.78, 5) is 12.6. The number of rotatable bonds is 6. The minimum atomic E-state index is -3.57. The molecule has 26 heavy (non-hydrogen) atoms. The fourth-order valence-corrected chi connectivity index (χ4v) is 4.45. The number of nitrogens with one attached hydrogen (secondary N) is 1. The molecule has 0 spiro atoms. The van der Waals surface area contributed by atoms with E-state index in [9.17, 15) is 13.2 Å². The van der Waals surface area contributed by atoms with Gasteiger partial charge in [-0.1, -0.05) is 18.2 Å². The van der Waals surface area contributed by atoms with Gasteiger partial charge in [-0.3, -0.25) is 4.79 Å². The summed E-state index contributed by atoms with van der Waals surface area (Å²) >= 11 is 0. The van der Waals surface area contributed by atoms with Crippen LogP contribution in [0.5, 0.6) is 5.75 Å². The minimum absolute atomic E-state index is 0.159. The van der Waals surface area contributed by atoms with Gasteiger partial charge in [0.15, 0.2) is 0 Å². The van der Waals surface area contributed by atoms with Crippen molar-refractivity contribution in [3.63, 3.8) is 0 Å². The molecular formula is C19H22N2O4S. The van der Waals surface area contributed by atoms with Crippen LogP contribution in [0.1, 0.15) is 30.1 Å². The SMILES string of the molecule is CCOc1ccc(S(=O)(=O)N2CCCC2)cc1NC(=O)c1ccccc1. The van der Waals surface area contributed by atoms with Crippen molar-refractivity contribution < 1.29 is 17.9 Å². The number of ether oxygens (including phenoxy) is 1. The Bertz CT molecular complexity index is 876. The number of hydrogen-bond donors (Lipinski definition) is 1. The molecule has 1 heterocycles. The first-order valence-corrected chi connectivity index (χ1v) is 10.1. The zero-order valence-corrected chi connectivity index (χ0v) is 15.5. The molecule has 0 unspecified atom stereocenters. The summed E-state index contributed by atoms with van der Waals surface area (Å²) in [7, 11) is -3.57. The van der Waals surface area contributed by atoms with Crippen LogP contribution in [0.25, 0.3) is 0 Å². The molecule has 2 aromatic rings. The van der Waals surface area contributed by atoms with Crippen LogP contribution in [-0.4, -0.2) is 38.3 Å². The molecule has 6 nitrogen and oxygen atoms in total. The molecule has 138 valence electrons. The van der Waals surface area contributed by atoms with Crippen molar-refractivity contribution in [2.45, 2.75) is 24.7 Å². The largest absolute Gasteiger partial charge is 0.492 e. The molecule has 1 N–H and O–H groups in total. The number of hydrogen-bond acceptors (Lipinski definition) is 4. The Morgan fingerprint density at radius 3 is 2.46 bits per heavy atom. The summed E-state index contributed by atoms with van der Waals surface area (Å²) in [6.45, 7) is 3.30. The average molecular weight is 374 g/mol.